The molecule has 0 spiro atoms. The SMILES string of the molecule is CCc1cc(N2CCC(C)CC2c2ccc(CC)o2)n2ncnc2n1. The van der Waals surface area contributed by atoms with Crippen molar-refractivity contribution in [3.05, 3.63) is 41.7 Å². The van der Waals surface area contributed by atoms with E-state index in [0.29, 0.717) is 11.7 Å². The van der Waals surface area contributed by atoms with Crippen molar-refractivity contribution in [2.45, 2.75) is 52.5 Å². The lowest BCUT2D eigenvalue weighted by Crippen LogP contribution is -2.37. The van der Waals surface area contributed by atoms with Gasteiger partial charge in [-0.05, 0) is 37.3 Å². The van der Waals surface area contributed by atoms with Crippen molar-refractivity contribution in [1.82, 2.24) is 19.6 Å². The van der Waals surface area contributed by atoms with Gasteiger partial charge in [0, 0.05) is 24.7 Å². The van der Waals surface area contributed by atoms with Crippen molar-refractivity contribution in [3.63, 3.8) is 0 Å². The fourth-order valence-electron chi connectivity index (χ4n) is 3.68. The molecule has 4 heterocycles. The van der Waals surface area contributed by atoms with Crippen LogP contribution in [0.5, 0.6) is 0 Å². The van der Waals surface area contributed by atoms with Gasteiger partial charge in [-0.25, -0.2) is 4.98 Å². The van der Waals surface area contributed by atoms with Crippen LogP contribution in [0.3, 0.4) is 0 Å². The number of anilines is 1. The molecule has 0 aromatic carbocycles. The number of piperidine rings is 1. The number of aromatic nitrogens is 4. The summed E-state index contributed by atoms with van der Waals surface area (Å²) >= 11 is 0. The monoisotopic (exact) mass is 339 g/mol. The van der Waals surface area contributed by atoms with Gasteiger partial charge in [-0.3, -0.25) is 0 Å². The van der Waals surface area contributed by atoms with Crippen LogP contribution in [-0.2, 0) is 12.8 Å². The molecule has 0 bridgehead atoms. The Balaban J connectivity index is 1.80. The van der Waals surface area contributed by atoms with Crippen LogP contribution >= 0.6 is 0 Å². The number of hydrogen-bond acceptors (Lipinski definition) is 5. The summed E-state index contributed by atoms with van der Waals surface area (Å²) in [5.41, 5.74) is 1.04. The molecule has 3 aromatic rings. The van der Waals surface area contributed by atoms with E-state index in [1.165, 1.54) is 0 Å². The third-order valence-electron chi connectivity index (χ3n) is 5.17. The number of hydrogen-bond donors (Lipinski definition) is 0. The molecule has 6 heteroatoms. The molecule has 6 nitrogen and oxygen atoms in total. The van der Waals surface area contributed by atoms with Crippen molar-refractivity contribution in [3.8, 4) is 0 Å². The number of fused-ring (bicyclic) bond motifs is 1. The van der Waals surface area contributed by atoms with Crippen molar-refractivity contribution < 1.29 is 4.42 Å². The van der Waals surface area contributed by atoms with Crippen LogP contribution < -0.4 is 4.90 Å². The molecule has 25 heavy (non-hydrogen) atoms. The second-order valence-electron chi connectivity index (χ2n) is 6.93. The normalized spacial score (nSPS) is 21.2. The van der Waals surface area contributed by atoms with E-state index >= 15 is 0 Å². The number of furan rings is 1. The minimum atomic E-state index is 0.226. The second kappa shape index (κ2) is 6.50. The molecule has 132 valence electrons. The highest BCUT2D eigenvalue weighted by molar-refractivity contribution is 5.49. The first-order valence-corrected chi connectivity index (χ1v) is 9.24. The molecule has 0 aliphatic carbocycles. The molecular weight excluding hydrogens is 314 g/mol. The van der Waals surface area contributed by atoms with E-state index in [1.807, 2.05) is 4.52 Å². The third-order valence-corrected chi connectivity index (χ3v) is 5.17. The molecular formula is C19H25N5O. The summed E-state index contributed by atoms with van der Waals surface area (Å²) in [6, 6.07) is 6.61. The van der Waals surface area contributed by atoms with Gasteiger partial charge in [0.1, 0.15) is 23.7 Å². The highest BCUT2D eigenvalue weighted by Crippen LogP contribution is 2.38. The van der Waals surface area contributed by atoms with Gasteiger partial charge in [0.25, 0.3) is 5.78 Å². The van der Waals surface area contributed by atoms with E-state index < -0.39 is 0 Å². The first-order chi connectivity index (χ1) is 12.2. The molecule has 2 unspecified atom stereocenters. The van der Waals surface area contributed by atoms with Crippen LogP contribution in [0.2, 0.25) is 0 Å². The van der Waals surface area contributed by atoms with Gasteiger partial charge in [-0.15, -0.1) is 0 Å². The number of nitrogens with zero attached hydrogens (tertiary/aromatic N) is 5. The highest BCUT2D eigenvalue weighted by atomic mass is 16.3. The molecule has 4 rings (SSSR count). The average molecular weight is 339 g/mol. The lowest BCUT2D eigenvalue weighted by atomic mass is 9.91. The fraction of sp³-hybridized carbons (Fsp3) is 0.526. The largest absolute Gasteiger partial charge is 0.464 e. The molecule has 2 atom stereocenters. The molecule has 0 amide bonds. The summed E-state index contributed by atoms with van der Waals surface area (Å²) in [6.07, 6.45) is 5.63. The topological polar surface area (TPSA) is 59.5 Å². The van der Waals surface area contributed by atoms with Crippen LogP contribution in [0, 0.1) is 5.92 Å². The van der Waals surface area contributed by atoms with E-state index in [4.69, 9.17) is 4.42 Å². The predicted octanol–water partition coefficient (Wildman–Crippen LogP) is 3.82. The standard InChI is InChI=1S/C19H25N5O/c1-4-14-11-18(24-19(22-14)20-12-21-24)23-9-8-13(3)10-16(23)17-7-6-15(5-2)25-17/h6-7,11-13,16H,4-5,8-10H2,1-3H3. The van der Waals surface area contributed by atoms with Gasteiger partial charge in [0.2, 0.25) is 0 Å². The maximum Gasteiger partial charge on any atom is 0.254 e. The van der Waals surface area contributed by atoms with E-state index in [9.17, 15) is 0 Å². The molecule has 1 aliphatic rings. The maximum absolute atomic E-state index is 6.12. The second-order valence-corrected chi connectivity index (χ2v) is 6.93. The Morgan fingerprint density at radius 2 is 2.12 bits per heavy atom. The average Bonchev–Trinajstić information content (AvgIpc) is 3.29. The third kappa shape index (κ3) is 2.90. The first kappa shape index (κ1) is 16.1. The summed E-state index contributed by atoms with van der Waals surface area (Å²) in [5, 5.41) is 4.41. The van der Waals surface area contributed by atoms with Gasteiger partial charge >= 0.3 is 0 Å². The highest BCUT2D eigenvalue weighted by Gasteiger charge is 2.32. The minimum absolute atomic E-state index is 0.226. The van der Waals surface area contributed by atoms with E-state index in [-0.39, 0.29) is 6.04 Å². The minimum Gasteiger partial charge on any atom is -0.464 e. The smallest absolute Gasteiger partial charge is 0.254 e. The van der Waals surface area contributed by atoms with Crippen LogP contribution in [0.1, 0.15) is 56.9 Å². The first-order valence-electron chi connectivity index (χ1n) is 9.24. The Morgan fingerprint density at radius 3 is 2.88 bits per heavy atom. The van der Waals surface area contributed by atoms with Crippen molar-refractivity contribution in [1.29, 1.82) is 0 Å². The zero-order valence-corrected chi connectivity index (χ0v) is 15.1. The van der Waals surface area contributed by atoms with Gasteiger partial charge in [-0.2, -0.15) is 14.6 Å². The Bertz CT molecular complexity index is 868. The Labute approximate surface area is 147 Å². The summed E-state index contributed by atoms with van der Waals surface area (Å²) in [5.74, 6) is 4.50. The van der Waals surface area contributed by atoms with Crippen LogP contribution in [0.25, 0.3) is 5.78 Å². The fourth-order valence-corrected chi connectivity index (χ4v) is 3.68. The lowest BCUT2D eigenvalue weighted by Gasteiger charge is -2.38. The summed E-state index contributed by atoms with van der Waals surface area (Å²) < 4.78 is 7.97. The van der Waals surface area contributed by atoms with Crippen molar-refractivity contribution in [2.24, 2.45) is 5.92 Å². The molecule has 3 aromatic heterocycles. The summed E-state index contributed by atoms with van der Waals surface area (Å²) in [4.78, 5) is 11.3. The Kier molecular flexibility index (Phi) is 4.19. The van der Waals surface area contributed by atoms with E-state index in [1.54, 1.807) is 6.33 Å². The van der Waals surface area contributed by atoms with Crippen LogP contribution in [0.15, 0.2) is 28.9 Å². The molecule has 0 saturated carbocycles. The van der Waals surface area contributed by atoms with E-state index in [2.05, 4.69) is 58.9 Å². The maximum atomic E-state index is 6.12. The van der Waals surface area contributed by atoms with Gasteiger partial charge in [0.15, 0.2) is 0 Å². The van der Waals surface area contributed by atoms with Gasteiger partial charge in [-0.1, -0.05) is 20.8 Å². The molecule has 0 radical (unpaired) electrons. The van der Waals surface area contributed by atoms with Gasteiger partial charge in [0.05, 0.1) is 6.04 Å². The van der Waals surface area contributed by atoms with E-state index in [0.717, 1.165) is 55.3 Å². The summed E-state index contributed by atoms with van der Waals surface area (Å²) in [7, 11) is 0. The van der Waals surface area contributed by atoms with Crippen LogP contribution in [0.4, 0.5) is 5.82 Å². The molecule has 1 fully saturated rings. The Morgan fingerprint density at radius 1 is 1.24 bits per heavy atom. The number of rotatable bonds is 4. The lowest BCUT2D eigenvalue weighted by molar-refractivity contribution is 0.320. The number of aryl methyl sites for hydroxylation is 2. The predicted molar refractivity (Wildman–Crippen MR) is 96.7 cm³/mol. The molecule has 1 saturated heterocycles. The van der Waals surface area contributed by atoms with Crippen LogP contribution in [-0.4, -0.2) is 26.1 Å². The zero-order chi connectivity index (χ0) is 17.4. The Hall–Kier alpha value is -2.37. The van der Waals surface area contributed by atoms with Crippen molar-refractivity contribution >= 4 is 11.6 Å². The molecule has 1 aliphatic heterocycles. The zero-order valence-electron chi connectivity index (χ0n) is 15.1. The summed E-state index contributed by atoms with van der Waals surface area (Å²) in [6.45, 7) is 7.55. The molecule has 0 N–H and O–H groups in total. The van der Waals surface area contributed by atoms with Gasteiger partial charge < -0.3 is 9.32 Å². The quantitative estimate of drug-likeness (QED) is 0.723. The van der Waals surface area contributed by atoms with Crippen molar-refractivity contribution in [2.75, 3.05) is 11.4 Å².